The van der Waals surface area contributed by atoms with Crippen LogP contribution in [-0.4, -0.2) is 36.0 Å². The number of halogens is 2. The van der Waals surface area contributed by atoms with Crippen molar-refractivity contribution in [3.05, 3.63) is 34.6 Å². The normalized spacial score (nSPS) is 11.4. The topological polar surface area (TPSA) is 77.1 Å². The number of hydrogen-bond donors (Lipinski definition) is 1. The van der Waals surface area contributed by atoms with Gasteiger partial charge in [0.25, 0.3) is 0 Å². The van der Waals surface area contributed by atoms with E-state index in [4.69, 9.17) is 23.2 Å². The van der Waals surface area contributed by atoms with Gasteiger partial charge in [-0.05, 0) is 19.9 Å². The largest absolute Gasteiger partial charge is 0.310 e. The van der Waals surface area contributed by atoms with E-state index in [0.29, 0.717) is 26.7 Å². The first kappa shape index (κ1) is 17.1. The highest BCUT2D eigenvalue weighted by Crippen LogP contribution is 2.25. The minimum Gasteiger partial charge on any atom is -0.310 e. The Morgan fingerprint density at radius 2 is 2.17 bits per heavy atom. The van der Waals surface area contributed by atoms with Crippen LogP contribution in [-0.2, 0) is 4.79 Å². The maximum atomic E-state index is 12.2. The van der Waals surface area contributed by atoms with Crippen molar-refractivity contribution in [1.82, 2.24) is 24.4 Å². The fourth-order valence-electron chi connectivity index (χ4n) is 2.13. The lowest BCUT2D eigenvalue weighted by Gasteiger charge is -2.11. The number of carbonyl (C=O) groups excluding carboxylic acids is 1. The number of pyridine rings is 1. The SMILES string of the molecule is CC(C)n1nccc1NC(=O)CSc1nnc2c(Cl)cc(Cl)cn12. The zero-order valence-corrected chi connectivity index (χ0v) is 15.2. The summed E-state index contributed by atoms with van der Waals surface area (Å²) in [6, 6.07) is 3.52. The minimum atomic E-state index is -0.160. The molecule has 0 aliphatic heterocycles. The lowest BCUT2D eigenvalue weighted by Crippen LogP contribution is -2.18. The van der Waals surface area contributed by atoms with Gasteiger partial charge in [0.05, 0.1) is 22.0 Å². The molecule has 0 fully saturated rings. The van der Waals surface area contributed by atoms with E-state index < -0.39 is 0 Å². The molecule has 0 atom stereocenters. The standard InChI is InChI=1S/C14H14Cl2N6OS/c1-8(2)22-11(3-4-17-22)18-12(23)7-24-14-20-19-13-10(16)5-9(15)6-21(13)14/h3-6,8H,7H2,1-2H3,(H,18,23). The lowest BCUT2D eigenvalue weighted by molar-refractivity contribution is -0.113. The molecule has 0 bridgehead atoms. The number of carbonyl (C=O) groups is 1. The highest BCUT2D eigenvalue weighted by Gasteiger charge is 2.14. The van der Waals surface area contributed by atoms with Gasteiger partial charge in [0.1, 0.15) is 5.82 Å². The van der Waals surface area contributed by atoms with E-state index in [0.717, 1.165) is 0 Å². The second-order valence-corrected chi connectivity index (χ2v) is 7.06. The molecule has 3 aromatic heterocycles. The molecule has 1 N–H and O–H groups in total. The zero-order valence-electron chi connectivity index (χ0n) is 12.9. The number of nitrogens with zero attached hydrogens (tertiary/aromatic N) is 5. The molecule has 7 nitrogen and oxygen atoms in total. The Labute approximate surface area is 152 Å². The number of rotatable bonds is 5. The number of nitrogens with one attached hydrogen (secondary N) is 1. The Morgan fingerprint density at radius 1 is 1.38 bits per heavy atom. The van der Waals surface area contributed by atoms with E-state index in [1.54, 1.807) is 33.6 Å². The minimum absolute atomic E-state index is 0.160. The summed E-state index contributed by atoms with van der Waals surface area (Å²) in [4.78, 5) is 12.2. The second-order valence-electron chi connectivity index (χ2n) is 5.27. The molecule has 126 valence electrons. The van der Waals surface area contributed by atoms with Crippen LogP contribution in [0.1, 0.15) is 19.9 Å². The summed E-state index contributed by atoms with van der Waals surface area (Å²) in [5.74, 6) is 0.675. The van der Waals surface area contributed by atoms with Gasteiger partial charge in [-0.3, -0.25) is 9.20 Å². The van der Waals surface area contributed by atoms with Gasteiger partial charge in [0.2, 0.25) is 5.91 Å². The van der Waals surface area contributed by atoms with E-state index in [1.807, 2.05) is 13.8 Å². The Hall–Kier alpha value is -1.77. The lowest BCUT2D eigenvalue weighted by atomic mass is 10.4. The first-order valence-electron chi connectivity index (χ1n) is 7.11. The van der Waals surface area contributed by atoms with Crippen LogP contribution in [0, 0.1) is 0 Å². The number of hydrogen-bond acceptors (Lipinski definition) is 5. The average Bonchev–Trinajstić information content (AvgIpc) is 3.12. The van der Waals surface area contributed by atoms with Crippen molar-refractivity contribution in [3.63, 3.8) is 0 Å². The quantitative estimate of drug-likeness (QED) is 0.680. The molecule has 0 saturated carbocycles. The van der Waals surface area contributed by atoms with Gasteiger partial charge in [0.15, 0.2) is 10.8 Å². The van der Waals surface area contributed by atoms with Crippen LogP contribution >= 0.6 is 35.0 Å². The highest BCUT2D eigenvalue weighted by molar-refractivity contribution is 7.99. The molecule has 0 aliphatic carbocycles. The monoisotopic (exact) mass is 384 g/mol. The molecule has 0 saturated heterocycles. The summed E-state index contributed by atoms with van der Waals surface area (Å²) in [6.07, 6.45) is 3.32. The predicted octanol–water partition coefficient (Wildman–Crippen LogP) is 3.54. The van der Waals surface area contributed by atoms with Crippen LogP contribution < -0.4 is 5.32 Å². The van der Waals surface area contributed by atoms with Crippen LogP contribution in [0.15, 0.2) is 29.7 Å². The van der Waals surface area contributed by atoms with Crippen molar-refractivity contribution in [2.45, 2.75) is 25.0 Å². The summed E-state index contributed by atoms with van der Waals surface area (Å²) in [7, 11) is 0. The van der Waals surface area contributed by atoms with Crippen LogP contribution in [0.2, 0.25) is 10.0 Å². The molecule has 0 radical (unpaired) electrons. The predicted molar refractivity (Wildman–Crippen MR) is 95.0 cm³/mol. The highest BCUT2D eigenvalue weighted by atomic mass is 35.5. The van der Waals surface area contributed by atoms with E-state index in [-0.39, 0.29) is 17.7 Å². The molecule has 0 aromatic carbocycles. The number of amides is 1. The summed E-state index contributed by atoms with van der Waals surface area (Å²) in [5, 5.41) is 16.5. The van der Waals surface area contributed by atoms with E-state index in [2.05, 4.69) is 20.6 Å². The molecule has 3 heterocycles. The van der Waals surface area contributed by atoms with Crippen molar-refractivity contribution in [1.29, 1.82) is 0 Å². The summed E-state index contributed by atoms with van der Waals surface area (Å²) in [5.41, 5.74) is 0.502. The van der Waals surface area contributed by atoms with Gasteiger partial charge < -0.3 is 5.32 Å². The Bertz CT molecular complexity index is 891. The molecule has 24 heavy (non-hydrogen) atoms. The van der Waals surface area contributed by atoms with Crippen molar-refractivity contribution >= 4 is 52.3 Å². The average molecular weight is 385 g/mol. The van der Waals surface area contributed by atoms with Gasteiger partial charge >= 0.3 is 0 Å². The first-order valence-corrected chi connectivity index (χ1v) is 8.86. The van der Waals surface area contributed by atoms with Crippen molar-refractivity contribution in [3.8, 4) is 0 Å². The van der Waals surface area contributed by atoms with Crippen LogP contribution in [0.3, 0.4) is 0 Å². The zero-order chi connectivity index (χ0) is 17.3. The molecule has 3 aromatic rings. The van der Waals surface area contributed by atoms with Gasteiger partial charge in [-0.25, -0.2) is 4.68 Å². The van der Waals surface area contributed by atoms with Crippen LogP contribution in [0.4, 0.5) is 5.82 Å². The third kappa shape index (κ3) is 3.50. The molecule has 0 unspecified atom stereocenters. The van der Waals surface area contributed by atoms with Crippen molar-refractivity contribution in [2.24, 2.45) is 0 Å². The van der Waals surface area contributed by atoms with Crippen LogP contribution in [0.25, 0.3) is 5.65 Å². The maximum absolute atomic E-state index is 12.2. The number of thioether (sulfide) groups is 1. The summed E-state index contributed by atoms with van der Waals surface area (Å²) >= 11 is 13.3. The fourth-order valence-corrected chi connectivity index (χ4v) is 3.35. The molecule has 0 aliphatic rings. The van der Waals surface area contributed by atoms with Gasteiger partial charge in [-0.2, -0.15) is 5.10 Å². The van der Waals surface area contributed by atoms with Crippen molar-refractivity contribution < 1.29 is 4.79 Å². The maximum Gasteiger partial charge on any atom is 0.235 e. The summed E-state index contributed by atoms with van der Waals surface area (Å²) < 4.78 is 3.41. The molecule has 3 rings (SSSR count). The van der Waals surface area contributed by atoms with Gasteiger partial charge in [-0.1, -0.05) is 35.0 Å². The molecule has 10 heteroatoms. The molecular formula is C14H14Cl2N6OS. The first-order chi connectivity index (χ1) is 11.5. The van der Waals surface area contributed by atoms with E-state index in [1.165, 1.54) is 11.8 Å². The third-order valence-electron chi connectivity index (χ3n) is 3.15. The molecule has 1 amide bonds. The van der Waals surface area contributed by atoms with Gasteiger partial charge in [0, 0.05) is 18.3 Å². The number of anilines is 1. The molecule has 0 spiro atoms. The molecular weight excluding hydrogens is 371 g/mol. The van der Waals surface area contributed by atoms with E-state index >= 15 is 0 Å². The summed E-state index contributed by atoms with van der Waals surface area (Å²) in [6.45, 7) is 3.99. The van der Waals surface area contributed by atoms with Gasteiger partial charge in [-0.15, -0.1) is 10.2 Å². The smallest absolute Gasteiger partial charge is 0.235 e. The Kier molecular flexibility index (Phi) is 4.98. The second kappa shape index (κ2) is 7.00. The Morgan fingerprint density at radius 3 is 2.92 bits per heavy atom. The number of aromatic nitrogens is 5. The third-order valence-corrected chi connectivity index (χ3v) is 4.58. The Balaban J connectivity index is 1.70. The fraction of sp³-hybridized carbons (Fsp3) is 0.286. The van der Waals surface area contributed by atoms with E-state index in [9.17, 15) is 4.79 Å². The van der Waals surface area contributed by atoms with Crippen LogP contribution in [0.5, 0.6) is 0 Å². The number of fused-ring (bicyclic) bond motifs is 1. The van der Waals surface area contributed by atoms with Crippen molar-refractivity contribution in [2.75, 3.05) is 11.1 Å².